The van der Waals surface area contributed by atoms with E-state index in [0.29, 0.717) is 50.0 Å². The first-order valence-electron chi connectivity index (χ1n) is 16.8. The van der Waals surface area contributed by atoms with Crippen molar-refractivity contribution in [2.75, 3.05) is 0 Å². The van der Waals surface area contributed by atoms with Gasteiger partial charge in [-0.05, 0) is 110 Å². The number of hydrogen-bond donors (Lipinski definition) is 0. The van der Waals surface area contributed by atoms with Gasteiger partial charge in [0.1, 0.15) is 11.6 Å². The van der Waals surface area contributed by atoms with E-state index >= 15 is 8.78 Å². The molecular formula is C36H45F7O. The first kappa shape index (κ1) is 33.1. The summed E-state index contributed by atoms with van der Waals surface area (Å²) in [5.41, 5.74) is 1.47. The van der Waals surface area contributed by atoms with Crippen LogP contribution in [0.3, 0.4) is 0 Å². The summed E-state index contributed by atoms with van der Waals surface area (Å²) >= 11 is 0. The highest BCUT2D eigenvalue weighted by Gasteiger charge is 2.36. The van der Waals surface area contributed by atoms with Crippen molar-refractivity contribution in [3.05, 3.63) is 63.7 Å². The van der Waals surface area contributed by atoms with E-state index in [0.717, 1.165) is 42.4 Å². The molecule has 1 atom stereocenters. The summed E-state index contributed by atoms with van der Waals surface area (Å²) in [7, 11) is 0. The molecule has 2 aromatic carbocycles. The third-order valence-electron chi connectivity index (χ3n) is 10.8. The Kier molecular flexibility index (Phi) is 10.9. The summed E-state index contributed by atoms with van der Waals surface area (Å²) < 4.78 is 101. The molecule has 2 aromatic rings. The molecule has 44 heavy (non-hydrogen) atoms. The van der Waals surface area contributed by atoms with Crippen LogP contribution in [0.5, 0.6) is 5.75 Å². The van der Waals surface area contributed by atoms with E-state index in [1.54, 1.807) is 0 Å². The summed E-state index contributed by atoms with van der Waals surface area (Å²) in [6.07, 6.45) is 11.5. The average Bonchev–Trinajstić information content (AvgIpc) is 2.99. The Bertz CT molecular complexity index is 1260. The summed E-state index contributed by atoms with van der Waals surface area (Å²) in [6.45, 7) is 2.25. The zero-order chi connectivity index (χ0) is 31.4. The van der Waals surface area contributed by atoms with Crippen LogP contribution in [0.1, 0.15) is 137 Å². The number of benzene rings is 2. The third-order valence-corrected chi connectivity index (χ3v) is 10.8. The van der Waals surface area contributed by atoms with Crippen LogP contribution in [-0.4, -0.2) is 6.36 Å². The van der Waals surface area contributed by atoms with Gasteiger partial charge in [-0.25, -0.2) is 13.2 Å². The van der Waals surface area contributed by atoms with E-state index in [4.69, 9.17) is 0 Å². The smallest absolute Gasteiger partial charge is 0.403 e. The minimum atomic E-state index is -5.14. The Balaban J connectivity index is 1.15. The minimum Gasteiger partial charge on any atom is -0.403 e. The Morgan fingerprint density at radius 1 is 0.705 bits per heavy atom. The quantitative estimate of drug-likeness (QED) is 0.188. The molecule has 3 aliphatic rings. The number of rotatable bonds is 10. The molecule has 0 aromatic heterocycles. The molecule has 8 heteroatoms. The molecule has 0 aliphatic heterocycles. The fourth-order valence-electron chi connectivity index (χ4n) is 8.28. The van der Waals surface area contributed by atoms with E-state index < -0.39 is 41.3 Å². The van der Waals surface area contributed by atoms with Crippen LogP contribution in [0.4, 0.5) is 30.7 Å². The lowest BCUT2D eigenvalue weighted by Gasteiger charge is -2.33. The van der Waals surface area contributed by atoms with Crippen molar-refractivity contribution in [3.8, 4) is 5.75 Å². The monoisotopic (exact) mass is 626 g/mol. The first-order valence-corrected chi connectivity index (χ1v) is 16.8. The maximum absolute atomic E-state index is 15.8. The van der Waals surface area contributed by atoms with Crippen molar-refractivity contribution in [2.45, 2.75) is 134 Å². The second kappa shape index (κ2) is 14.5. The zero-order valence-electron chi connectivity index (χ0n) is 25.7. The van der Waals surface area contributed by atoms with Gasteiger partial charge in [0, 0.05) is 5.56 Å². The Morgan fingerprint density at radius 2 is 1.34 bits per heavy atom. The van der Waals surface area contributed by atoms with Gasteiger partial charge in [-0.1, -0.05) is 70.8 Å². The molecule has 0 heterocycles. The van der Waals surface area contributed by atoms with Crippen molar-refractivity contribution in [3.63, 3.8) is 0 Å². The van der Waals surface area contributed by atoms with Crippen LogP contribution in [0, 0.1) is 41.0 Å². The third kappa shape index (κ3) is 7.93. The zero-order valence-corrected chi connectivity index (χ0v) is 25.7. The Morgan fingerprint density at radius 3 is 2.00 bits per heavy atom. The number of fused-ring (bicyclic) bond motifs is 1. The van der Waals surface area contributed by atoms with Crippen LogP contribution in [0.15, 0.2) is 18.2 Å². The van der Waals surface area contributed by atoms with E-state index in [2.05, 4.69) is 11.7 Å². The standard InChI is InChI=1S/C36H45F7O/c1-2-3-4-5-22-6-8-23(9-7-22)10-11-24-12-17-29-27(20-24)21-30(37)32(33(29)38)26-15-13-25(14-16-26)28-18-19-31(35(40)34(28)39)44-36(41,42)43/h18-19,21-26H,2-17,20H2,1H3. The fourth-order valence-corrected chi connectivity index (χ4v) is 8.28. The van der Waals surface area contributed by atoms with Gasteiger partial charge in [-0.2, -0.15) is 4.39 Å². The lowest BCUT2D eigenvalue weighted by Crippen LogP contribution is -2.22. The highest BCUT2D eigenvalue weighted by Crippen LogP contribution is 2.45. The lowest BCUT2D eigenvalue weighted by molar-refractivity contribution is -0.275. The lowest BCUT2D eigenvalue weighted by atomic mass is 9.73. The molecule has 2 saturated carbocycles. The van der Waals surface area contributed by atoms with Crippen molar-refractivity contribution in [2.24, 2.45) is 17.8 Å². The van der Waals surface area contributed by atoms with Gasteiger partial charge in [0.2, 0.25) is 5.82 Å². The SMILES string of the molecule is CCCCCC1CCC(CCC2CCc3c(cc(F)c(C4CCC(c5ccc(OC(F)(F)F)c(F)c5F)CC4)c3F)C2)CC1. The number of ether oxygens (including phenoxy) is 1. The highest BCUT2D eigenvalue weighted by molar-refractivity contribution is 5.40. The number of unbranched alkanes of at least 4 members (excludes halogenated alkanes) is 2. The number of alkyl halides is 3. The predicted octanol–water partition coefficient (Wildman–Crippen LogP) is 11.9. The van der Waals surface area contributed by atoms with E-state index in [1.807, 2.05) is 0 Å². The Labute approximate surface area is 257 Å². The maximum Gasteiger partial charge on any atom is 0.573 e. The molecular weight excluding hydrogens is 581 g/mol. The van der Waals surface area contributed by atoms with Crippen LogP contribution in [0.2, 0.25) is 0 Å². The first-order chi connectivity index (χ1) is 21.0. The fraction of sp³-hybridized carbons (Fsp3) is 0.667. The van der Waals surface area contributed by atoms with Gasteiger partial charge in [-0.3, -0.25) is 0 Å². The molecule has 244 valence electrons. The van der Waals surface area contributed by atoms with Crippen molar-refractivity contribution in [1.82, 2.24) is 0 Å². The predicted molar refractivity (Wildman–Crippen MR) is 158 cm³/mol. The molecule has 0 radical (unpaired) electrons. The summed E-state index contributed by atoms with van der Waals surface area (Å²) in [4.78, 5) is 0. The van der Waals surface area contributed by atoms with Crippen molar-refractivity contribution < 1.29 is 35.5 Å². The topological polar surface area (TPSA) is 9.23 Å². The van der Waals surface area contributed by atoms with E-state index in [-0.39, 0.29) is 17.0 Å². The molecule has 0 spiro atoms. The molecule has 1 unspecified atom stereocenters. The largest absolute Gasteiger partial charge is 0.573 e. The molecule has 5 rings (SSSR count). The average molecular weight is 627 g/mol. The van der Waals surface area contributed by atoms with Crippen molar-refractivity contribution >= 4 is 0 Å². The van der Waals surface area contributed by atoms with Crippen LogP contribution >= 0.6 is 0 Å². The van der Waals surface area contributed by atoms with Gasteiger partial charge >= 0.3 is 6.36 Å². The minimum absolute atomic E-state index is 0.0343. The molecule has 2 fully saturated rings. The summed E-state index contributed by atoms with van der Waals surface area (Å²) in [5.74, 6) is -3.96. The van der Waals surface area contributed by atoms with Gasteiger partial charge in [0.25, 0.3) is 0 Å². The van der Waals surface area contributed by atoms with Gasteiger partial charge in [-0.15, -0.1) is 13.2 Å². The molecule has 0 bridgehead atoms. The van der Waals surface area contributed by atoms with E-state index in [9.17, 15) is 22.0 Å². The maximum atomic E-state index is 15.8. The Hall–Kier alpha value is -2.25. The summed E-state index contributed by atoms with van der Waals surface area (Å²) in [6, 6.07) is 3.42. The van der Waals surface area contributed by atoms with Crippen LogP contribution < -0.4 is 4.74 Å². The van der Waals surface area contributed by atoms with Crippen LogP contribution in [-0.2, 0) is 12.8 Å². The molecule has 3 aliphatic carbocycles. The molecule has 0 saturated heterocycles. The van der Waals surface area contributed by atoms with Crippen LogP contribution in [0.25, 0.3) is 0 Å². The van der Waals surface area contributed by atoms with E-state index in [1.165, 1.54) is 63.9 Å². The second-order valence-electron chi connectivity index (χ2n) is 13.7. The van der Waals surface area contributed by atoms with Gasteiger partial charge in [0.05, 0.1) is 0 Å². The molecule has 1 nitrogen and oxygen atoms in total. The van der Waals surface area contributed by atoms with Gasteiger partial charge < -0.3 is 4.74 Å². The number of hydrogen-bond acceptors (Lipinski definition) is 1. The second-order valence-corrected chi connectivity index (χ2v) is 13.7. The normalized spacial score (nSPS) is 26.0. The van der Waals surface area contributed by atoms with Crippen molar-refractivity contribution in [1.29, 1.82) is 0 Å². The highest BCUT2D eigenvalue weighted by atomic mass is 19.4. The summed E-state index contributed by atoms with van der Waals surface area (Å²) in [5, 5.41) is 0. The molecule has 0 amide bonds. The molecule has 0 N–H and O–H groups in total. The van der Waals surface area contributed by atoms with Gasteiger partial charge in [0.15, 0.2) is 11.6 Å². The number of halogens is 7.